The summed E-state index contributed by atoms with van der Waals surface area (Å²) in [6.07, 6.45) is 1.80. The first kappa shape index (κ1) is 26.0. The van der Waals surface area contributed by atoms with E-state index in [0.717, 1.165) is 11.1 Å². The Hall–Kier alpha value is -3.63. The Labute approximate surface area is 204 Å². The zero-order valence-electron chi connectivity index (χ0n) is 19.3. The summed E-state index contributed by atoms with van der Waals surface area (Å²) in [5.41, 5.74) is 13.8. The second-order valence-electron chi connectivity index (χ2n) is 7.94. The van der Waals surface area contributed by atoms with Crippen LogP contribution in [0.3, 0.4) is 0 Å². The third kappa shape index (κ3) is 7.43. The highest BCUT2D eigenvalue weighted by Gasteiger charge is 2.15. The molecule has 0 saturated carbocycles. The molecule has 0 bridgehead atoms. The number of benzene rings is 3. The number of nitrogens with one attached hydrogen (secondary N) is 1. The van der Waals surface area contributed by atoms with Crippen LogP contribution in [0, 0.1) is 5.82 Å². The van der Waals surface area contributed by atoms with Crippen LogP contribution in [0.4, 0.5) is 15.8 Å². The van der Waals surface area contributed by atoms with Crippen molar-refractivity contribution in [1.29, 1.82) is 0 Å². The first-order chi connectivity index (χ1) is 16.7. The molecule has 186 valence electrons. The number of primary amides is 1. The van der Waals surface area contributed by atoms with Crippen LogP contribution in [0.5, 0.6) is 5.75 Å². The van der Waals surface area contributed by atoms with Crippen molar-refractivity contribution in [1.82, 2.24) is 0 Å². The van der Waals surface area contributed by atoms with Gasteiger partial charge in [0.15, 0.2) is 0 Å². The number of halogens is 1. The molecule has 10 heteroatoms. The predicted molar refractivity (Wildman–Crippen MR) is 132 cm³/mol. The van der Waals surface area contributed by atoms with Crippen LogP contribution >= 0.6 is 0 Å². The number of methoxy groups -OCH3 is 1. The maximum atomic E-state index is 14.2. The number of anilines is 2. The van der Waals surface area contributed by atoms with E-state index in [-0.39, 0.29) is 23.9 Å². The highest BCUT2D eigenvalue weighted by Crippen LogP contribution is 2.27. The molecule has 0 fully saturated rings. The van der Waals surface area contributed by atoms with Gasteiger partial charge in [-0.25, -0.2) is 12.8 Å². The molecule has 8 nitrogen and oxygen atoms in total. The summed E-state index contributed by atoms with van der Waals surface area (Å²) in [6, 6.07) is 15.9. The number of nitrogen functional groups attached to an aromatic ring is 1. The van der Waals surface area contributed by atoms with E-state index in [1.54, 1.807) is 36.4 Å². The van der Waals surface area contributed by atoms with Crippen LogP contribution in [-0.2, 0) is 39.0 Å². The molecule has 0 atom stereocenters. The molecular weight excluding hydrogens is 473 g/mol. The minimum absolute atomic E-state index is 0.117. The Morgan fingerprint density at radius 1 is 1.00 bits per heavy atom. The van der Waals surface area contributed by atoms with Gasteiger partial charge in [0.25, 0.3) is 10.0 Å². The van der Waals surface area contributed by atoms with E-state index in [2.05, 4.69) is 4.72 Å². The fourth-order valence-corrected chi connectivity index (χ4v) is 4.54. The number of ether oxygens (including phenoxy) is 2. The summed E-state index contributed by atoms with van der Waals surface area (Å²) in [6.45, 7) is -0.0224. The van der Waals surface area contributed by atoms with Crippen molar-refractivity contribution < 1.29 is 27.1 Å². The molecule has 0 aromatic heterocycles. The average Bonchev–Trinajstić information content (AvgIpc) is 2.82. The highest BCUT2D eigenvalue weighted by atomic mass is 32.2. The van der Waals surface area contributed by atoms with Crippen molar-refractivity contribution in [2.45, 2.75) is 30.8 Å². The second kappa shape index (κ2) is 11.7. The van der Waals surface area contributed by atoms with E-state index in [1.165, 1.54) is 31.4 Å². The first-order valence-corrected chi connectivity index (χ1v) is 12.3. The van der Waals surface area contributed by atoms with Gasteiger partial charge in [-0.2, -0.15) is 0 Å². The summed E-state index contributed by atoms with van der Waals surface area (Å²) >= 11 is 0. The smallest absolute Gasteiger partial charge is 0.261 e. The molecule has 1 amide bonds. The van der Waals surface area contributed by atoms with Gasteiger partial charge in [0.05, 0.1) is 30.0 Å². The lowest BCUT2D eigenvalue weighted by molar-refractivity contribution is -0.122. The van der Waals surface area contributed by atoms with Crippen LogP contribution in [0.15, 0.2) is 65.6 Å². The molecule has 0 spiro atoms. The van der Waals surface area contributed by atoms with Gasteiger partial charge in [0, 0.05) is 6.07 Å². The van der Waals surface area contributed by atoms with Crippen molar-refractivity contribution in [3.05, 3.63) is 83.2 Å². The van der Waals surface area contributed by atoms with Crippen LogP contribution in [0.25, 0.3) is 0 Å². The lowest BCUT2D eigenvalue weighted by Gasteiger charge is -2.11. The fraction of sp³-hybridized carbons (Fsp3) is 0.240. The molecule has 0 unspecified atom stereocenters. The number of amides is 1. The monoisotopic (exact) mass is 501 g/mol. The van der Waals surface area contributed by atoms with E-state index < -0.39 is 15.9 Å². The van der Waals surface area contributed by atoms with Gasteiger partial charge in [-0.3, -0.25) is 9.52 Å². The lowest BCUT2D eigenvalue weighted by Crippen LogP contribution is -2.17. The van der Waals surface area contributed by atoms with Crippen molar-refractivity contribution in [3.8, 4) is 5.75 Å². The molecule has 0 aliphatic rings. The molecule has 5 N–H and O–H groups in total. The lowest BCUT2D eigenvalue weighted by atomic mass is 10.0. The van der Waals surface area contributed by atoms with Crippen LogP contribution in [0.1, 0.15) is 23.1 Å². The van der Waals surface area contributed by atoms with E-state index in [9.17, 15) is 17.6 Å². The number of carbonyl (C=O) groups is 1. The first-order valence-electron chi connectivity index (χ1n) is 10.9. The molecule has 0 aliphatic heterocycles. The van der Waals surface area contributed by atoms with E-state index in [0.29, 0.717) is 42.0 Å². The second-order valence-corrected chi connectivity index (χ2v) is 9.63. The number of nitrogens with two attached hydrogens (primary N) is 2. The molecule has 3 aromatic carbocycles. The van der Waals surface area contributed by atoms with Gasteiger partial charge < -0.3 is 20.9 Å². The molecule has 35 heavy (non-hydrogen) atoms. The maximum absolute atomic E-state index is 14.2. The molecule has 3 rings (SSSR count). The third-order valence-electron chi connectivity index (χ3n) is 5.25. The summed E-state index contributed by atoms with van der Waals surface area (Å²) in [7, 11) is -2.34. The molecule has 0 aliphatic carbocycles. The van der Waals surface area contributed by atoms with Crippen molar-refractivity contribution in [2.75, 3.05) is 24.2 Å². The number of hydrogen-bond donors (Lipinski definition) is 3. The largest absolute Gasteiger partial charge is 0.495 e. The van der Waals surface area contributed by atoms with Gasteiger partial charge in [-0.1, -0.05) is 24.3 Å². The van der Waals surface area contributed by atoms with Crippen LogP contribution in [0.2, 0.25) is 0 Å². The van der Waals surface area contributed by atoms with E-state index in [4.69, 9.17) is 20.9 Å². The number of rotatable bonds is 12. The van der Waals surface area contributed by atoms with Gasteiger partial charge in [0.1, 0.15) is 18.2 Å². The van der Waals surface area contributed by atoms with Crippen molar-refractivity contribution >= 4 is 27.3 Å². The Bertz CT molecular complexity index is 1280. The topological polar surface area (TPSA) is 134 Å². The third-order valence-corrected chi connectivity index (χ3v) is 6.65. The Morgan fingerprint density at radius 3 is 2.40 bits per heavy atom. The summed E-state index contributed by atoms with van der Waals surface area (Å²) in [5.74, 6) is -0.497. The number of sulfonamides is 1. The van der Waals surface area contributed by atoms with E-state index >= 15 is 0 Å². The number of aryl methyl sites for hydroxylation is 2. The normalized spacial score (nSPS) is 11.3. The highest BCUT2D eigenvalue weighted by molar-refractivity contribution is 7.92. The van der Waals surface area contributed by atoms with E-state index in [1.807, 2.05) is 0 Å². The van der Waals surface area contributed by atoms with Gasteiger partial charge >= 0.3 is 0 Å². The molecule has 3 aromatic rings. The zero-order valence-corrected chi connectivity index (χ0v) is 20.1. The van der Waals surface area contributed by atoms with Crippen molar-refractivity contribution in [2.24, 2.45) is 5.73 Å². The molecular formula is C25H28FN3O5S. The summed E-state index contributed by atoms with van der Waals surface area (Å²) in [5, 5.41) is 0. The van der Waals surface area contributed by atoms with Gasteiger partial charge in [-0.15, -0.1) is 0 Å². The zero-order chi connectivity index (χ0) is 25.4. The maximum Gasteiger partial charge on any atom is 0.261 e. The minimum Gasteiger partial charge on any atom is -0.495 e. The predicted octanol–water partition coefficient (Wildman–Crippen LogP) is 3.39. The fourth-order valence-electron chi connectivity index (χ4n) is 3.49. The number of hydrogen-bond acceptors (Lipinski definition) is 6. The quantitative estimate of drug-likeness (QED) is 0.326. The average molecular weight is 502 g/mol. The standard InChI is InChI=1S/C25H28FN3O5S/c1-33-24-14-20(8-12-23(24)27)29-35(31,32)21-9-5-17(6-10-21)3-2-4-19-13-18(7-11-22(19)26)15-34-16-25(28)30/h5-14,29H,2-4,15-16,27H2,1H3,(H2,28,30). The van der Waals surface area contributed by atoms with Gasteiger partial charge in [0.2, 0.25) is 5.91 Å². The minimum atomic E-state index is -3.79. The summed E-state index contributed by atoms with van der Waals surface area (Å²) < 4.78 is 52.4. The Kier molecular flexibility index (Phi) is 8.67. The van der Waals surface area contributed by atoms with Crippen LogP contribution in [-0.4, -0.2) is 28.0 Å². The molecule has 0 heterocycles. The van der Waals surface area contributed by atoms with Gasteiger partial charge in [-0.05, 0) is 66.3 Å². The Balaban J connectivity index is 1.57. The van der Waals surface area contributed by atoms with Crippen LogP contribution < -0.4 is 20.9 Å². The number of carbonyl (C=O) groups excluding carboxylic acids is 1. The Morgan fingerprint density at radius 2 is 1.71 bits per heavy atom. The molecule has 0 radical (unpaired) electrons. The summed E-state index contributed by atoms with van der Waals surface area (Å²) in [4.78, 5) is 10.9. The molecule has 0 saturated heterocycles. The van der Waals surface area contributed by atoms with Crippen molar-refractivity contribution in [3.63, 3.8) is 0 Å². The SMILES string of the molecule is COc1cc(NS(=O)(=O)c2ccc(CCCc3cc(COCC(N)=O)ccc3F)cc2)ccc1N.